The number of rotatable bonds is 4. The zero-order chi connectivity index (χ0) is 18.6. The van der Waals surface area contributed by atoms with Gasteiger partial charge in [0.1, 0.15) is 0 Å². The number of hydrogen-bond acceptors (Lipinski definition) is 8. The Balaban J connectivity index is 0.000000613. The number of likely N-dealkylation sites (tertiary alicyclic amines) is 1. The summed E-state index contributed by atoms with van der Waals surface area (Å²) < 4.78 is 11.3. The first kappa shape index (κ1) is 19.2. The van der Waals surface area contributed by atoms with Crippen molar-refractivity contribution in [2.45, 2.75) is 62.2 Å². The van der Waals surface area contributed by atoms with Gasteiger partial charge in [-0.3, -0.25) is 9.69 Å². The van der Waals surface area contributed by atoms with Crippen molar-refractivity contribution >= 4 is 6.47 Å². The number of carboxylic acid groups (broad SMARTS) is 1. The molecule has 1 spiro atoms. The molecule has 9 heteroatoms. The van der Waals surface area contributed by atoms with Crippen LogP contribution in [0.15, 0.2) is 4.52 Å². The Morgan fingerprint density at radius 1 is 1.27 bits per heavy atom. The van der Waals surface area contributed by atoms with Crippen LogP contribution in [-0.4, -0.2) is 74.3 Å². The van der Waals surface area contributed by atoms with Gasteiger partial charge in [-0.05, 0) is 25.7 Å². The minimum Gasteiger partial charge on any atom is -0.483 e. The second-order valence-electron chi connectivity index (χ2n) is 7.54. The van der Waals surface area contributed by atoms with E-state index in [0.29, 0.717) is 37.8 Å². The summed E-state index contributed by atoms with van der Waals surface area (Å²) in [7, 11) is 0. The monoisotopic (exact) mass is 369 g/mol. The summed E-state index contributed by atoms with van der Waals surface area (Å²) in [6.07, 6.45) is 5.11. The maximum absolute atomic E-state index is 10.4. The van der Waals surface area contributed by atoms with Crippen LogP contribution in [0.3, 0.4) is 0 Å². The van der Waals surface area contributed by atoms with Crippen molar-refractivity contribution < 1.29 is 29.4 Å². The summed E-state index contributed by atoms with van der Waals surface area (Å²) in [6.45, 7) is 2.52. The Bertz CT molecular complexity index is 597. The molecule has 3 fully saturated rings. The topological polar surface area (TPSA) is 129 Å². The van der Waals surface area contributed by atoms with Gasteiger partial charge in [0.25, 0.3) is 6.47 Å². The van der Waals surface area contributed by atoms with Gasteiger partial charge in [-0.25, -0.2) is 0 Å². The Labute approximate surface area is 151 Å². The van der Waals surface area contributed by atoms with Crippen molar-refractivity contribution in [2.75, 3.05) is 26.3 Å². The van der Waals surface area contributed by atoms with Crippen molar-refractivity contribution in [1.82, 2.24) is 15.0 Å². The number of carbonyl (C=O) groups is 1. The van der Waals surface area contributed by atoms with E-state index in [4.69, 9.17) is 19.2 Å². The number of aliphatic hydroxyl groups excluding tert-OH is 1. The van der Waals surface area contributed by atoms with Crippen molar-refractivity contribution in [3.05, 3.63) is 11.7 Å². The van der Waals surface area contributed by atoms with E-state index in [0.717, 1.165) is 31.8 Å². The molecule has 3 aliphatic rings. The normalized spacial score (nSPS) is 28.4. The molecule has 1 saturated carbocycles. The fraction of sp³-hybridized carbons (Fsp3) is 0.824. The molecule has 1 atom stereocenters. The van der Waals surface area contributed by atoms with Crippen molar-refractivity contribution in [3.8, 4) is 0 Å². The lowest BCUT2D eigenvalue weighted by Gasteiger charge is -2.48. The average Bonchev–Trinajstić information content (AvgIpc) is 3.38. The van der Waals surface area contributed by atoms with Crippen LogP contribution in [0.2, 0.25) is 0 Å². The number of aromatic nitrogens is 2. The molecule has 146 valence electrons. The minimum atomic E-state index is -0.980. The van der Waals surface area contributed by atoms with E-state index in [1.54, 1.807) is 0 Å². The summed E-state index contributed by atoms with van der Waals surface area (Å²) in [5.41, 5.74) is -1.27. The van der Waals surface area contributed by atoms with E-state index in [1.807, 2.05) is 0 Å². The lowest BCUT2D eigenvalue weighted by Crippen LogP contribution is -2.55. The summed E-state index contributed by atoms with van der Waals surface area (Å²) >= 11 is 0. The number of nitrogens with zero attached hydrogens (tertiary/aromatic N) is 3. The molecule has 3 N–H and O–H groups in total. The molecule has 0 bridgehead atoms. The molecule has 2 aliphatic heterocycles. The number of piperidine rings is 1. The van der Waals surface area contributed by atoms with Crippen molar-refractivity contribution in [2.24, 2.45) is 0 Å². The third kappa shape index (κ3) is 4.59. The fourth-order valence-electron chi connectivity index (χ4n) is 3.80. The molecule has 1 unspecified atom stereocenters. The van der Waals surface area contributed by atoms with Gasteiger partial charge in [-0.2, -0.15) is 4.98 Å². The molecular weight excluding hydrogens is 342 g/mol. The second kappa shape index (κ2) is 7.99. The van der Waals surface area contributed by atoms with Crippen LogP contribution in [0.5, 0.6) is 0 Å². The van der Waals surface area contributed by atoms with E-state index in [1.165, 1.54) is 12.8 Å². The fourth-order valence-corrected chi connectivity index (χ4v) is 3.80. The standard InChI is InChI=1S/C16H25N3O4.CH2O2/c20-11-15(21)5-8-22-16(10-15)3-6-19(7-4-16)9-13-17-14(18-23-13)12-1-2-12;2-1-3/h12,20-21H,1-11H2;1H,(H,2,3). The van der Waals surface area contributed by atoms with Gasteiger partial charge in [0.15, 0.2) is 5.82 Å². The third-order valence-electron chi connectivity index (χ3n) is 5.47. The van der Waals surface area contributed by atoms with Crippen LogP contribution < -0.4 is 0 Å². The molecule has 0 radical (unpaired) electrons. The predicted octanol–water partition coefficient (Wildman–Crippen LogP) is 0.516. The Morgan fingerprint density at radius 3 is 2.58 bits per heavy atom. The molecule has 1 aromatic heterocycles. The molecule has 1 aliphatic carbocycles. The molecule has 3 heterocycles. The van der Waals surface area contributed by atoms with Crippen molar-refractivity contribution in [1.29, 1.82) is 0 Å². The Morgan fingerprint density at radius 2 is 1.96 bits per heavy atom. The molecule has 2 saturated heterocycles. The second-order valence-corrected chi connectivity index (χ2v) is 7.54. The summed E-state index contributed by atoms with van der Waals surface area (Å²) in [5.74, 6) is 2.07. The Hall–Kier alpha value is -1.55. The first-order valence-electron chi connectivity index (χ1n) is 9.11. The van der Waals surface area contributed by atoms with Gasteiger partial charge in [-0.1, -0.05) is 5.16 Å². The molecule has 0 aromatic carbocycles. The van der Waals surface area contributed by atoms with Crippen molar-refractivity contribution in [3.63, 3.8) is 0 Å². The van der Waals surface area contributed by atoms with Gasteiger partial charge < -0.3 is 24.6 Å². The smallest absolute Gasteiger partial charge is 0.290 e. The zero-order valence-corrected chi connectivity index (χ0v) is 14.8. The number of ether oxygens (including phenoxy) is 1. The van der Waals surface area contributed by atoms with Gasteiger partial charge in [0.05, 0.1) is 31.0 Å². The van der Waals surface area contributed by atoms with E-state index in [9.17, 15) is 10.2 Å². The SMILES string of the molecule is O=CO.OCC1(O)CCOC2(CCN(Cc3nc(C4CC4)no3)CC2)C1. The van der Waals surface area contributed by atoms with Crippen LogP contribution in [0.1, 0.15) is 56.2 Å². The highest BCUT2D eigenvalue weighted by atomic mass is 16.5. The first-order valence-corrected chi connectivity index (χ1v) is 9.11. The molecule has 0 amide bonds. The molecule has 1 aromatic rings. The molecule has 4 rings (SSSR count). The van der Waals surface area contributed by atoms with Gasteiger partial charge >= 0.3 is 0 Å². The average molecular weight is 369 g/mol. The van der Waals surface area contributed by atoms with E-state index >= 15 is 0 Å². The summed E-state index contributed by atoms with van der Waals surface area (Å²) in [6, 6.07) is 0. The van der Waals surface area contributed by atoms with E-state index < -0.39 is 5.60 Å². The highest BCUT2D eigenvalue weighted by molar-refractivity contribution is 5.32. The van der Waals surface area contributed by atoms with E-state index in [-0.39, 0.29) is 18.7 Å². The van der Waals surface area contributed by atoms with E-state index in [2.05, 4.69) is 15.0 Å². The summed E-state index contributed by atoms with van der Waals surface area (Å²) in [4.78, 5) is 15.1. The Kier molecular flexibility index (Phi) is 5.91. The predicted molar refractivity (Wildman–Crippen MR) is 89.4 cm³/mol. The van der Waals surface area contributed by atoms with Crippen LogP contribution in [0.25, 0.3) is 0 Å². The highest BCUT2D eigenvalue weighted by Crippen LogP contribution is 2.40. The lowest BCUT2D eigenvalue weighted by molar-refractivity contribution is -0.189. The summed E-state index contributed by atoms with van der Waals surface area (Å²) in [5, 5.41) is 30.7. The van der Waals surface area contributed by atoms with Crippen LogP contribution in [-0.2, 0) is 16.1 Å². The maximum atomic E-state index is 10.4. The first-order chi connectivity index (χ1) is 12.5. The quantitative estimate of drug-likeness (QED) is 0.650. The molecular formula is C17H27N3O6. The molecule has 9 nitrogen and oxygen atoms in total. The lowest BCUT2D eigenvalue weighted by atomic mass is 9.77. The minimum absolute atomic E-state index is 0.187. The van der Waals surface area contributed by atoms with Crippen LogP contribution >= 0.6 is 0 Å². The zero-order valence-electron chi connectivity index (χ0n) is 14.8. The van der Waals surface area contributed by atoms with Gasteiger partial charge in [0.2, 0.25) is 5.89 Å². The number of hydrogen-bond donors (Lipinski definition) is 3. The number of aliphatic hydroxyl groups is 2. The largest absolute Gasteiger partial charge is 0.483 e. The van der Waals surface area contributed by atoms with Crippen LogP contribution in [0.4, 0.5) is 0 Å². The van der Waals surface area contributed by atoms with Crippen LogP contribution in [0, 0.1) is 0 Å². The highest BCUT2D eigenvalue weighted by Gasteiger charge is 2.46. The third-order valence-corrected chi connectivity index (χ3v) is 5.47. The van der Waals surface area contributed by atoms with Gasteiger partial charge in [-0.15, -0.1) is 0 Å². The molecule has 26 heavy (non-hydrogen) atoms. The maximum Gasteiger partial charge on any atom is 0.290 e. The van der Waals surface area contributed by atoms with Gasteiger partial charge in [0, 0.05) is 31.8 Å².